The Hall–Kier alpha value is -3.15. The van der Waals surface area contributed by atoms with Gasteiger partial charge >= 0.3 is 11.9 Å². The van der Waals surface area contributed by atoms with E-state index in [-0.39, 0.29) is 11.5 Å². The average molecular weight is 329 g/mol. The Balaban J connectivity index is 2.29. The fourth-order valence-electron chi connectivity index (χ4n) is 2.01. The fourth-order valence-corrected chi connectivity index (χ4v) is 2.01. The quantitative estimate of drug-likeness (QED) is 0.674. The molecule has 5 nitrogen and oxygen atoms in total. The zero-order valence-corrected chi connectivity index (χ0v) is 13.2. The second-order valence-corrected chi connectivity index (χ2v) is 4.79. The maximum Gasteiger partial charge on any atom is 0.354 e. The topological polar surface area (TPSA) is 64.6 Å². The summed E-state index contributed by atoms with van der Waals surface area (Å²) in [5.74, 6) is -1.70. The summed E-state index contributed by atoms with van der Waals surface area (Å²) in [5.41, 5.74) is 2.15. The van der Waals surface area contributed by atoms with Crippen LogP contribution < -0.4 is 5.32 Å². The highest BCUT2D eigenvalue weighted by Crippen LogP contribution is 2.23. The van der Waals surface area contributed by atoms with Gasteiger partial charge in [-0.3, -0.25) is 0 Å². The Bertz CT molecular complexity index is 769. The minimum atomic E-state index is -0.701. The predicted octanol–water partition coefficient (Wildman–Crippen LogP) is 3.13. The largest absolute Gasteiger partial charge is 0.466 e. The predicted molar refractivity (Wildman–Crippen MR) is 87.6 cm³/mol. The molecule has 2 aromatic rings. The van der Waals surface area contributed by atoms with E-state index in [0.29, 0.717) is 5.69 Å². The summed E-state index contributed by atoms with van der Waals surface area (Å²) in [7, 11) is 2.42. The zero-order valence-electron chi connectivity index (χ0n) is 13.2. The Morgan fingerprint density at radius 1 is 1.00 bits per heavy atom. The Kier molecular flexibility index (Phi) is 5.68. The number of benzene rings is 2. The lowest BCUT2D eigenvalue weighted by molar-refractivity contribution is -0.138. The SMILES string of the molecule is COC(=O)/C=C(/Nc1cccc(-c2ccc(F)cc2)c1)C(=O)OC. The molecular formula is C18H16FNO4. The molecule has 2 rings (SSSR count). The van der Waals surface area contributed by atoms with Crippen LogP contribution in [0.5, 0.6) is 0 Å². The van der Waals surface area contributed by atoms with Crippen molar-refractivity contribution >= 4 is 17.6 Å². The summed E-state index contributed by atoms with van der Waals surface area (Å²) in [6.45, 7) is 0. The highest BCUT2D eigenvalue weighted by molar-refractivity contribution is 5.98. The number of hydrogen-bond acceptors (Lipinski definition) is 5. The lowest BCUT2D eigenvalue weighted by Gasteiger charge is -2.10. The van der Waals surface area contributed by atoms with Gasteiger partial charge in [0.15, 0.2) is 0 Å². The van der Waals surface area contributed by atoms with E-state index in [0.717, 1.165) is 17.2 Å². The van der Waals surface area contributed by atoms with Crippen molar-refractivity contribution in [3.05, 3.63) is 66.1 Å². The minimum Gasteiger partial charge on any atom is -0.466 e. The maximum absolute atomic E-state index is 13.0. The number of carbonyl (C=O) groups excluding carboxylic acids is 2. The zero-order chi connectivity index (χ0) is 17.5. The number of methoxy groups -OCH3 is 2. The number of hydrogen-bond donors (Lipinski definition) is 1. The summed E-state index contributed by atoms with van der Waals surface area (Å²) in [6.07, 6.45) is 1.01. The van der Waals surface area contributed by atoms with Crippen LogP contribution in [0, 0.1) is 5.82 Å². The van der Waals surface area contributed by atoms with Gasteiger partial charge in [-0.25, -0.2) is 14.0 Å². The van der Waals surface area contributed by atoms with Crippen molar-refractivity contribution in [2.75, 3.05) is 19.5 Å². The van der Waals surface area contributed by atoms with Crippen molar-refractivity contribution in [1.29, 1.82) is 0 Å². The number of anilines is 1. The van der Waals surface area contributed by atoms with Crippen molar-refractivity contribution < 1.29 is 23.5 Å². The van der Waals surface area contributed by atoms with E-state index in [2.05, 4.69) is 14.8 Å². The highest BCUT2D eigenvalue weighted by Gasteiger charge is 2.13. The smallest absolute Gasteiger partial charge is 0.354 e. The maximum atomic E-state index is 13.0. The molecule has 0 unspecified atom stereocenters. The van der Waals surface area contributed by atoms with Crippen LogP contribution in [0.3, 0.4) is 0 Å². The van der Waals surface area contributed by atoms with Crippen LogP contribution in [0.2, 0.25) is 0 Å². The van der Waals surface area contributed by atoms with Gasteiger partial charge in [-0.1, -0.05) is 24.3 Å². The molecule has 0 spiro atoms. The van der Waals surface area contributed by atoms with E-state index in [1.807, 2.05) is 6.07 Å². The Morgan fingerprint density at radius 2 is 1.71 bits per heavy atom. The summed E-state index contributed by atoms with van der Waals surface area (Å²) in [4.78, 5) is 23.1. The van der Waals surface area contributed by atoms with E-state index >= 15 is 0 Å². The molecule has 2 aromatic carbocycles. The molecule has 0 amide bonds. The van der Waals surface area contributed by atoms with Crippen molar-refractivity contribution in [2.45, 2.75) is 0 Å². The average Bonchev–Trinajstić information content (AvgIpc) is 2.61. The summed E-state index contributed by atoms with van der Waals surface area (Å²) in [5, 5.41) is 2.83. The lowest BCUT2D eigenvalue weighted by Crippen LogP contribution is -2.15. The molecule has 0 heterocycles. The van der Waals surface area contributed by atoms with Crippen LogP contribution in [-0.2, 0) is 19.1 Å². The normalized spacial score (nSPS) is 10.9. The number of carbonyl (C=O) groups is 2. The first-order chi connectivity index (χ1) is 11.5. The Labute approximate surface area is 138 Å². The summed E-state index contributed by atoms with van der Waals surface area (Å²) >= 11 is 0. The molecule has 0 aliphatic rings. The lowest BCUT2D eigenvalue weighted by atomic mass is 10.1. The number of halogens is 1. The second kappa shape index (κ2) is 7.92. The number of rotatable bonds is 5. The van der Waals surface area contributed by atoms with Gasteiger partial charge in [-0.05, 0) is 35.4 Å². The fraction of sp³-hybridized carbons (Fsp3) is 0.111. The number of nitrogens with one attached hydrogen (secondary N) is 1. The van der Waals surface area contributed by atoms with E-state index < -0.39 is 11.9 Å². The van der Waals surface area contributed by atoms with E-state index in [1.165, 1.54) is 26.4 Å². The molecule has 1 N–H and O–H groups in total. The molecule has 6 heteroatoms. The van der Waals surface area contributed by atoms with Crippen molar-refractivity contribution in [3.63, 3.8) is 0 Å². The molecule has 0 saturated carbocycles. The van der Waals surface area contributed by atoms with Crippen LogP contribution >= 0.6 is 0 Å². The monoisotopic (exact) mass is 329 g/mol. The van der Waals surface area contributed by atoms with Gasteiger partial charge in [0.1, 0.15) is 11.5 Å². The molecular weight excluding hydrogens is 313 g/mol. The van der Waals surface area contributed by atoms with E-state index in [1.54, 1.807) is 30.3 Å². The first-order valence-electron chi connectivity index (χ1n) is 7.04. The van der Waals surface area contributed by atoms with E-state index in [4.69, 9.17) is 0 Å². The number of ether oxygens (including phenoxy) is 2. The third kappa shape index (κ3) is 4.42. The first-order valence-corrected chi connectivity index (χ1v) is 7.04. The van der Waals surface area contributed by atoms with Gasteiger partial charge in [0.2, 0.25) is 0 Å². The molecule has 0 fully saturated rings. The van der Waals surface area contributed by atoms with Crippen LogP contribution in [-0.4, -0.2) is 26.2 Å². The van der Waals surface area contributed by atoms with Gasteiger partial charge in [0, 0.05) is 5.69 Å². The van der Waals surface area contributed by atoms with E-state index in [9.17, 15) is 14.0 Å². The molecule has 0 radical (unpaired) electrons. The van der Waals surface area contributed by atoms with Crippen LogP contribution in [0.1, 0.15) is 0 Å². The third-order valence-electron chi connectivity index (χ3n) is 3.19. The van der Waals surface area contributed by atoms with Gasteiger partial charge in [0.05, 0.1) is 20.3 Å². The van der Waals surface area contributed by atoms with Gasteiger partial charge in [-0.15, -0.1) is 0 Å². The Morgan fingerprint density at radius 3 is 2.33 bits per heavy atom. The molecule has 0 bridgehead atoms. The standard InChI is InChI=1S/C18H16FNO4/c1-23-17(21)11-16(18(22)24-2)20-15-5-3-4-13(10-15)12-6-8-14(19)9-7-12/h3-11,20H,1-2H3/b16-11+. The highest BCUT2D eigenvalue weighted by atomic mass is 19.1. The molecule has 0 saturated heterocycles. The van der Waals surface area contributed by atoms with Gasteiger partial charge in [-0.2, -0.15) is 0 Å². The van der Waals surface area contributed by atoms with Gasteiger partial charge in [0.25, 0.3) is 0 Å². The van der Waals surface area contributed by atoms with Crippen molar-refractivity contribution in [3.8, 4) is 11.1 Å². The molecule has 124 valence electrons. The van der Waals surface area contributed by atoms with Crippen LogP contribution in [0.15, 0.2) is 60.3 Å². The van der Waals surface area contributed by atoms with Crippen molar-refractivity contribution in [1.82, 2.24) is 0 Å². The number of esters is 2. The molecule has 0 aliphatic carbocycles. The molecule has 0 atom stereocenters. The van der Waals surface area contributed by atoms with Gasteiger partial charge < -0.3 is 14.8 Å². The second-order valence-electron chi connectivity index (χ2n) is 4.79. The van der Waals surface area contributed by atoms with Crippen molar-refractivity contribution in [2.24, 2.45) is 0 Å². The first kappa shape index (κ1) is 17.2. The summed E-state index contributed by atoms with van der Waals surface area (Å²) in [6, 6.07) is 13.1. The molecule has 0 aromatic heterocycles. The molecule has 24 heavy (non-hydrogen) atoms. The van der Waals surface area contributed by atoms with Crippen LogP contribution in [0.25, 0.3) is 11.1 Å². The summed E-state index contributed by atoms with van der Waals surface area (Å²) < 4.78 is 22.2. The third-order valence-corrected chi connectivity index (χ3v) is 3.19. The minimum absolute atomic E-state index is 0.0550. The molecule has 0 aliphatic heterocycles. The van der Waals surface area contributed by atoms with Crippen LogP contribution in [0.4, 0.5) is 10.1 Å².